The number of halogens is 1. The number of rotatable bonds is 3. The summed E-state index contributed by atoms with van der Waals surface area (Å²) in [7, 11) is 0. The molecule has 33 heavy (non-hydrogen) atoms. The molecule has 0 unspecified atom stereocenters. The molecule has 0 N–H and O–H groups in total. The molecule has 3 aliphatic rings. The van der Waals surface area contributed by atoms with E-state index in [1.807, 2.05) is 24.3 Å². The van der Waals surface area contributed by atoms with Crippen LogP contribution in [0.25, 0.3) is 10.9 Å². The Kier molecular flexibility index (Phi) is 5.10. The van der Waals surface area contributed by atoms with Gasteiger partial charge in [0.2, 0.25) is 0 Å². The Hall–Kier alpha value is -2.92. The lowest BCUT2D eigenvalue weighted by atomic mass is 9.73. The quantitative estimate of drug-likeness (QED) is 0.407. The fourth-order valence-electron chi connectivity index (χ4n) is 5.57. The van der Waals surface area contributed by atoms with Crippen LogP contribution in [0.2, 0.25) is 0 Å². The Balaban J connectivity index is 1.57. The Morgan fingerprint density at radius 2 is 1.48 bits per heavy atom. The number of allylic oxidation sites excluding steroid dienone is 4. The average Bonchev–Trinajstić information content (AvgIpc) is 3.18. The standard InChI is InChI=1S/C28H24BrNO3/c29-20-9-3-1-7-17(20)15-30-16-19(18-8-2-4-10-21(18)30)26-27-22(31)11-5-13-24(27)33-25-14-6-12-23(32)28(25)26/h1-4,7-10,16,26H,5-6,11-15H2. The summed E-state index contributed by atoms with van der Waals surface area (Å²) in [5.41, 5.74) is 4.73. The summed E-state index contributed by atoms with van der Waals surface area (Å²) in [5, 5.41) is 1.09. The van der Waals surface area contributed by atoms with Gasteiger partial charge in [-0.3, -0.25) is 9.59 Å². The molecule has 0 spiro atoms. The molecule has 0 atom stereocenters. The molecule has 1 aromatic heterocycles. The molecule has 0 saturated carbocycles. The van der Waals surface area contributed by atoms with Crippen LogP contribution in [0.4, 0.5) is 0 Å². The third-order valence-corrected chi connectivity index (χ3v) is 7.84. The van der Waals surface area contributed by atoms with Crippen LogP contribution in [0.1, 0.15) is 55.6 Å². The van der Waals surface area contributed by atoms with Crippen molar-refractivity contribution in [3.63, 3.8) is 0 Å². The van der Waals surface area contributed by atoms with Crippen molar-refractivity contribution in [1.29, 1.82) is 0 Å². The van der Waals surface area contributed by atoms with Crippen LogP contribution < -0.4 is 0 Å². The zero-order valence-electron chi connectivity index (χ0n) is 18.3. The first-order valence-electron chi connectivity index (χ1n) is 11.6. The van der Waals surface area contributed by atoms with Crippen LogP contribution in [0, 0.1) is 0 Å². The number of hydrogen-bond donors (Lipinski definition) is 0. The fraction of sp³-hybridized carbons (Fsp3) is 0.286. The van der Waals surface area contributed by atoms with Crippen LogP contribution >= 0.6 is 15.9 Å². The van der Waals surface area contributed by atoms with E-state index in [9.17, 15) is 9.59 Å². The number of benzene rings is 2. The van der Waals surface area contributed by atoms with Crippen molar-refractivity contribution >= 4 is 38.4 Å². The lowest BCUT2D eigenvalue weighted by molar-refractivity contribution is -0.117. The van der Waals surface area contributed by atoms with Gasteiger partial charge in [-0.15, -0.1) is 0 Å². The summed E-state index contributed by atoms with van der Waals surface area (Å²) >= 11 is 3.67. The van der Waals surface area contributed by atoms with Crippen molar-refractivity contribution in [2.24, 2.45) is 0 Å². The molecular formula is C28H24BrNO3. The zero-order chi connectivity index (χ0) is 22.5. The molecule has 0 radical (unpaired) electrons. The van der Waals surface area contributed by atoms with E-state index in [4.69, 9.17) is 4.74 Å². The van der Waals surface area contributed by atoms with Crippen molar-refractivity contribution in [2.75, 3.05) is 0 Å². The molecule has 4 nitrogen and oxygen atoms in total. The molecule has 3 aromatic rings. The number of fused-ring (bicyclic) bond motifs is 1. The van der Waals surface area contributed by atoms with Gasteiger partial charge in [0.1, 0.15) is 11.5 Å². The van der Waals surface area contributed by atoms with Gasteiger partial charge in [-0.25, -0.2) is 0 Å². The summed E-state index contributed by atoms with van der Waals surface area (Å²) in [6.45, 7) is 0.699. The minimum Gasteiger partial charge on any atom is -0.465 e. The van der Waals surface area contributed by atoms with Gasteiger partial charge in [-0.1, -0.05) is 52.3 Å². The summed E-state index contributed by atoms with van der Waals surface area (Å²) in [4.78, 5) is 26.4. The first kappa shape index (κ1) is 20.7. The normalized spacial score (nSPS) is 19.1. The number of nitrogens with zero attached hydrogens (tertiary/aromatic N) is 1. The molecule has 0 saturated heterocycles. The predicted octanol–water partition coefficient (Wildman–Crippen LogP) is 6.58. The number of Topliss-reactive ketones (excluding diaryl/α,β-unsaturated/α-hetero) is 2. The third kappa shape index (κ3) is 3.41. The van der Waals surface area contributed by atoms with Crippen molar-refractivity contribution in [3.05, 3.63) is 93.0 Å². The molecule has 0 amide bonds. The Bertz CT molecular complexity index is 1330. The highest BCUT2D eigenvalue weighted by Crippen LogP contribution is 2.49. The van der Waals surface area contributed by atoms with E-state index in [2.05, 4.69) is 51.0 Å². The van der Waals surface area contributed by atoms with Crippen molar-refractivity contribution in [1.82, 2.24) is 4.57 Å². The van der Waals surface area contributed by atoms with Gasteiger partial charge in [0, 0.05) is 70.9 Å². The number of carbonyl (C=O) groups excluding carboxylic acids is 2. The molecular weight excluding hydrogens is 478 g/mol. The minimum absolute atomic E-state index is 0.119. The molecule has 2 aromatic carbocycles. The minimum atomic E-state index is -0.338. The number of ketones is 2. The Morgan fingerprint density at radius 1 is 0.848 bits per heavy atom. The maximum absolute atomic E-state index is 13.2. The van der Waals surface area contributed by atoms with E-state index in [0.29, 0.717) is 30.5 Å². The second-order valence-electron chi connectivity index (χ2n) is 9.08. The second kappa shape index (κ2) is 8.14. The average molecular weight is 502 g/mol. The van der Waals surface area contributed by atoms with Gasteiger partial charge in [-0.05, 0) is 36.1 Å². The van der Waals surface area contributed by atoms with Gasteiger partial charge in [0.15, 0.2) is 11.6 Å². The van der Waals surface area contributed by atoms with Crippen LogP contribution in [0.5, 0.6) is 0 Å². The fourth-order valence-corrected chi connectivity index (χ4v) is 5.99. The highest BCUT2D eigenvalue weighted by molar-refractivity contribution is 9.10. The van der Waals surface area contributed by atoms with Crippen LogP contribution in [-0.4, -0.2) is 16.1 Å². The Labute approximate surface area is 201 Å². The molecule has 6 rings (SSSR count). The topological polar surface area (TPSA) is 48.3 Å². The third-order valence-electron chi connectivity index (χ3n) is 7.07. The van der Waals surface area contributed by atoms with E-state index in [1.54, 1.807) is 0 Å². The summed E-state index contributed by atoms with van der Waals surface area (Å²) in [5.74, 6) is 1.47. The lowest BCUT2D eigenvalue weighted by Gasteiger charge is -2.35. The highest BCUT2D eigenvalue weighted by Gasteiger charge is 2.42. The number of ether oxygens (including phenoxy) is 1. The smallest absolute Gasteiger partial charge is 0.163 e. The van der Waals surface area contributed by atoms with Crippen molar-refractivity contribution in [2.45, 2.75) is 51.0 Å². The van der Waals surface area contributed by atoms with Gasteiger partial charge < -0.3 is 9.30 Å². The van der Waals surface area contributed by atoms with E-state index >= 15 is 0 Å². The van der Waals surface area contributed by atoms with Gasteiger partial charge in [0.05, 0.1) is 0 Å². The maximum Gasteiger partial charge on any atom is 0.163 e. The largest absolute Gasteiger partial charge is 0.465 e. The molecule has 2 heterocycles. The molecule has 5 heteroatoms. The van der Waals surface area contributed by atoms with Crippen molar-refractivity contribution in [3.8, 4) is 0 Å². The first-order valence-corrected chi connectivity index (χ1v) is 12.4. The predicted molar refractivity (Wildman–Crippen MR) is 131 cm³/mol. The number of aromatic nitrogens is 1. The first-order chi connectivity index (χ1) is 16.1. The van der Waals surface area contributed by atoms with E-state index in [-0.39, 0.29) is 17.5 Å². The summed E-state index contributed by atoms with van der Waals surface area (Å²) < 4.78 is 9.52. The van der Waals surface area contributed by atoms with Crippen molar-refractivity contribution < 1.29 is 14.3 Å². The van der Waals surface area contributed by atoms with Crippen LogP contribution in [-0.2, 0) is 20.9 Å². The summed E-state index contributed by atoms with van der Waals surface area (Å²) in [6.07, 6.45) is 6.33. The summed E-state index contributed by atoms with van der Waals surface area (Å²) in [6, 6.07) is 16.5. The van der Waals surface area contributed by atoms with Gasteiger partial charge in [0.25, 0.3) is 0 Å². The molecule has 0 bridgehead atoms. The highest BCUT2D eigenvalue weighted by atomic mass is 79.9. The second-order valence-corrected chi connectivity index (χ2v) is 9.94. The molecule has 1 aliphatic heterocycles. The number of hydrogen-bond acceptors (Lipinski definition) is 3. The Morgan fingerprint density at radius 3 is 2.18 bits per heavy atom. The van der Waals surface area contributed by atoms with Gasteiger partial charge >= 0.3 is 0 Å². The molecule has 166 valence electrons. The van der Waals surface area contributed by atoms with Crippen LogP contribution in [0.15, 0.2) is 81.9 Å². The monoisotopic (exact) mass is 501 g/mol. The zero-order valence-corrected chi connectivity index (χ0v) is 19.9. The van der Waals surface area contributed by atoms with Crippen LogP contribution in [0.3, 0.4) is 0 Å². The lowest BCUT2D eigenvalue weighted by Crippen LogP contribution is -2.30. The van der Waals surface area contributed by atoms with Gasteiger partial charge in [-0.2, -0.15) is 0 Å². The van der Waals surface area contributed by atoms with E-state index in [0.717, 1.165) is 58.1 Å². The van der Waals surface area contributed by atoms with E-state index < -0.39 is 0 Å². The number of carbonyl (C=O) groups is 2. The molecule has 2 aliphatic carbocycles. The number of para-hydroxylation sites is 1. The van der Waals surface area contributed by atoms with E-state index in [1.165, 1.54) is 5.56 Å². The SMILES string of the molecule is O=C1CCCC2=C1C(c1cn(Cc3ccccc3Br)c3ccccc13)C1=C(CCCC1=O)O2. The molecule has 0 fully saturated rings. The maximum atomic E-state index is 13.2.